The van der Waals surface area contributed by atoms with E-state index < -0.39 is 24.3 Å². The van der Waals surface area contributed by atoms with Crippen molar-refractivity contribution in [1.82, 2.24) is 0 Å². The van der Waals surface area contributed by atoms with Gasteiger partial charge in [0.1, 0.15) is 19.3 Å². The maximum absolute atomic E-state index is 11.8. The second-order valence-electron chi connectivity index (χ2n) is 9.54. The first-order chi connectivity index (χ1) is 19.4. The zero-order valence-electron chi connectivity index (χ0n) is 24.5. The monoisotopic (exact) mass is 560 g/mol. The van der Waals surface area contributed by atoms with Gasteiger partial charge in [-0.2, -0.15) is 0 Å². The first-order valence-electron chi connectivity index (χ1n) is 14.7. The van der Waals surface area contributed by atoms with Gasteiger partial charge in [-0.3, -0.25) is 9.59 Å². The molecule has 0 unspecified atom stereocenters. The fourth-order valence-electron chi connectivity index (χ4n) is 3.34. The van der Waals surface area contributed by atoms with Crippen LogP contribution >= 0.6 is 0 Å². The second kappa shape index (κ2) is 27.8. The third-order valence-corrected chi connectivity index (χ3v) is 5.64. The van der Waals surface area contributed by atoms with Crippen molar-refractivity contribution in [3.63, 3.8) is 0 Å². The molecule has 0 fully saturated rings. The Morgan fingerprint density at radius 1 is 0.650 bits per heavy atom. The number of aliphatic hydroxyl groups excluding tert-OH is 3. The van der Waals surface area contributed by atoms with Crippen LogP contribution in [0.1, 0.15) is 90.9 Å². The summed E-state index contributed by atoms with van der Waals surface area (Å²) >= 11 is 0. The fraction of sp³-hybridized carbons (Fsp3) is 0.576. The summed E-state index contributed by atoms with van der Waals surface area (Å²) in [7, 11) is 0. The number of allylic oxidation sites excluding steroid dienone is 8. The number of rotatable bonds is 24. The van der Waals surface area contributed by atoms with Crippen molar-refractivity contribution in [2.45, 2.75) is 109 Å². The van der Waals surface area contributed by atoms with E-state index in [2.05, 4.69) is 13.8 Å². The Bertz CT molecular complexity index is 808. The van der Waals surface area contributed by atoms with E-state index >= 15 is 0 Å². The number of hydrogen-bond donors (Lipinski definition) is 3. The largest absolute Gasteiger partial charge is 0.463 e. The van der Waals surface area contributed by atoms with Crippen LogP contribution in [0.3, 0.4) is 0 Å². The van der Waals surface area contributed by atoms with Gasteiger partial charge in [-0.25, -0.2) is 0 Å². The molecule has 3 atom stereocenters. The fourth-order valence-corrected chi connectivity index (χ4v) is 3.34. The Morgan fingerprint density at radius 3 is 1.80 bits per heavy atom. The molecule has 0 aliphatic carbocycles. The molecule has 0 rings (SSSR count). The molecule has 0 amide bonds. The molecular formula is C33H52O7. The minimum atomic E-state index is -1.02. The highest BCUT2D eigenvalue weighted by Crippen LogP contribution is 2.06. The second-order valence-corrected chi connectivity index (χ2v) is 9.54. The van der Waals surface area contributed by atoms with Gasteiger partial charge in [-0.15, -0.1) is 0 Å². The molecule has 226 valence electrons. The molecule has 40 heavy (non-hydrogen) atoms. The maximum atomic E-state index is 11.8. The lowest BCUT2D eigenvalue weighted by Gasteiger charge is -2.11. The number of ether oxygens (including phenoxy) is 2. The highest BCUT2D eigenvalue weighted by Gasteiger charge is 2.11. The topological polar surface area (TPSA) is 113 Å². The maximum Gasteiger partial charge on any atom is 0.306 e. The zero-order chi connectivity index (χ0) is 29.7. The third kappa shape index (κ3) is 26.9. The van der Waals surface area contributed by atoms with E-state index in [1.807, 2.05) is 42.5 Å². The number of aliphatic hydroxyl groups is 3. The minimum absolute atomic E-state index is 0.172. The van der Waals surface area contributed by atoms with E-state index in [0.717, 1.165) is 32.1 Å². The molecule has 0 aromatic carbocycles. The summed E-state index contributed by atoms with van der Waals surface area (Å²) in [6, 6.07) is 0. The van der Waals surface area contributed by atoms with Crippen LogP contribution in [0.4, 0.5) is 0 Å². The standard InChI is InChI=1S/C33H52O7/c1-3-5-7-10-19-25-32(37)39-27-31(36)28-40-33(38)26-20-12-9-8-11-16-22-30(35)24-18-14-13-17-23-29(34)21-15-6-4-2/h6,9,11-18,23-24,29-31,34-36H,3-5,7-8,10,19-22,25-28H2,1-2H3/b12-9-,14-13-,15-6-,16-11-,23-17+,24-18+/t29-,30+,31+/m1/s1. The molecule has 7 nitrogen and oxygen atoms in total. The molecule has 0 bridgehead atoms. The minimum Gasteiger partial charge on any atom is -0.463 e. The highest BCUT2D eigenvalue weighted by atomic mass is 16.6. The van der Waals surface area contributed by atoms with Gasteiger partial charge < -0.3 is 24.8 Å². The average molecular weight is 561 g/mol. The predicted molar refractivity (Wildman–Crippen MR) is 162 cm³/mol. The molecular weight excluding hydrogens is 508 g/mol. The molecule has 0 saturated heterocycles. The van der Waals surface area contributed by atoms with Crippen LogP contribution < -0.4 is 0 Å². The summed E-state index contributed by atoms with van der Waals surface area (Å²) in [6.45, 7) is 3.82. The van der Waals surface area contributed by atoms with Crippen LogP contribution in [-0.4, -0.2) is 58.8 Å². The number of carbonyl (C=O) groups is 2. The lowest BCUT2D eigenvalue weighted by Crippen LogP contribution is -2.25. The SMILES string of the molecule is CC/C=C\C[C@@H](O)/C=C/C=C\C=C\[C@@H](O)C/C=C\C/C=C\CCC(=O)OC[C@@H](O)COC(=O)CCCCCCC. The molecule has 0 aliphatic heterocycles. The van der Waals surface area contributed by atoms with E-state index in [0.29, 0.717) is 32.1 Å². The molecule has 0 aromatic rings. The lowest BCUT2D eigenvalue weighted by atomic mass is 10.1. The summed E-state index contributed by atoms with van der Waals surface area (Å²) in [5, 5.41) is 29.6. The summed E-state index contributed by atoms with van der Waals surface area (Å²) in [5.41, 5.74) is 0. The summed E-state index contributed by atoms with van der Waals surface area (Å²) < 4.78 is 10.1. The van der Waals surface area contributed by atoms with E-state index in [9.17, 15) is 24.9 Å². The van der Waals surface area contributed by atoms with Gasteiger partial charge in [0.2, 0.25) is 0 Å². The van der Waals surface area contributed by atoms with Crippen LogP contribution in [0.25, 0.3) is 0 Å². The molecule has 0 heterocycles. The van der Waals surface area contributed by atoms with Gasteiger partial charge in [0.25, 0.3) is 0 Å². The normalized spacial score (nSPS) is 14.8. The number of hydrogen-bond acceptors (Lipinski definition) is 7. The van der Waals surface area contributed by atoms with Crippen molar-refractivity contribution >= 4 is 11.9 Å². The van der Waals surface area contributed by atoms with Crippen molar-refractivity contribution in [3.05, 3.63) is 72.9 Å². The third-order valence-electron chi connectivity index (χ3n) is 5.64. The van der Waals surface area contributed by atoms with Gasteiger partial charge in [0.05, 0.1) is 12.2 Å². The molecule has 7 heteroatoms. The van der Waals surface area contributed by atoms with Crippen LogP contribution in [0.5, 0.6) is 0 Å². The Balaban J connectivity index is 3.86. The zero-order valence-corrected chi connectivity index (χ0v) is 24.5. The highest BCUT2D eigenvalue weighted by molar-refractivity contribution is 5.70. The molecule has 3 N–H and O–H groups in total. The van der Waals surface area contributed by atoms with Crippen molar-refractivity contribution in [2.75, 3.05) is 13.2 Å². The van der Waals surface area contributed by atoms with Crippen molar-refractivity contribution < 1.29 is 34.4 Å². The number of unbranched alkanes of at least 4 members (excludes halogenated alkanes) is 4. The summed E-state index contributed by atoms with van der Waals surface area (Å²) in [4.78, 5) is 23.5. The van der Waals surface area contributed by atoms with Crippen LogP contribution in [0.2, 0.25) is 0 Å². The van der Waals surface area contributed by atoms with Gasteiger partial charge in [-0.05, 0) is 38.5 Å². The first-order valence-corrected chi connectivity index (χ1v) is 14.7. The Hall–Kier alpha value is -2.74. The van der Waals surface area contributed by atoms with Crippen LogP contribution in [0, 0.1) is 0 Å². The number of esters is 2. The lowest BCUT2D eigenvalue weighted by molar-refractivity contribution is -0.152. The molecule has 0 saturated carbocycles. The van der Waals surface area contributed by atoms with Crippen molar-refractivity contribution in [2.24, 2.45) is 0 Å². The first kappa shape index (κ1) is 37.3. The molecule has 0 radical (unpaired) electrons. The molecule has 0 aromatic heterocycles. The molecule has 0 aliphatic rings. The summed E-state index contributed by atoms with van der Waals surface area (Å²) in [5.74, 6) is -0.752. The van der Waals surface area contributed by atoms with E-state index in [4.69, 9.17) is 9.47 Å². The van der Waals surface area contributed by atoms with Crippen molar-refractivity contribution in [1.29, 1.82) is 0 Å². The Kier molecular flexibility index (Phi) is 25.9. The Morgan fingerprint density at radius 2 is 1.20 bits per heavy atom. The average Bonchev–Trinajstić information content (AvgIpc) is 2.94. The van der Waals surface area contributed by atoms with Crippen molar-refractivity contribution in [3.8, 4) is 0 Å². The quantitative estimate of drug-likeness (QED) is 0.0556. The van der Waals surface area contributed by atoms with Crippen LogP contribution in [-0.2, 0) is 19.1 Å². The van der Waals surface area contributed by atoms with Gasteiger partial charge in [0, 0.05) is 12.8 Å². The Labute approximate surface area is 241 Å². The van der Waals surface area contributed by atoms with E-state index in [1.165, 1.54) is 6.42 Å². The molecule has 0 spiro atoms. The van der Waals surface area contributed by atoms with E-state index in [-0.39, 0.29) is 25.6 Å². The van der Waals surface area contributed by atoms with Gasteiger partial charge in [-0.1, -0.05) is 112 Å². The smallest absolute Gasteiger partial charge is 0.306 e. The number of carbonyl (C=O) groups excluding carboxylic acids is 2. The van der Waals surface area contributed by atoms with E-state index in [1.54, 1.807) is 30.4 Å². The van der Waals surface area contributed by atoms with Gasteiger partial charge in [0.15, 0.2) is 0 Å². The van der Waals surface area contributed by atoms with Crippen LogP contribution in [0.15, 0.2) is 72.9 Å². The summed E-state index contributed by atoms with van der Waals surface area (Å²) in [6.07, 6.45) is 29.2. The predicted octanol–water partition coefficient (Wildman–Crippen LogP) is 6.21. The van der Waals surface area contributed by atoms with Gasteiger partial charge >= 0.3 is 11.9 Å².